The first-order valence-electron chi connectivity index (χ1n) is 9.25. The summed E-state index contributed by atoms with van der Waals surface area (Å²) < 4.78 is 49.5. The van der Waals surface area contributed by atoms with Crippen molar-refractivity contribution in [3.8, 4) is 5.75 Å². The number of nitrogens with zero attached hydrogens (tertiary/aromatic N) is 1. The Morgan fingerprint density at radius 1 is 1.32 bits per heavy atom. The van der Waals surface area contributed by atoms with Crippen LogP contribution < -0.4 is 15.8 Å². The fraction of sp³-hybridized carbons (Fsp3) is 0.444. The van der Waals surface area contributed by atoms with Crippen molar-refractivity contribution in [2.45, 2.75) is 44.7 Å². The summed E-state index contributed by atoms with van der Waals surface area (Å²) in [4.78, 5) is 25.0. The van der Waals surface area contributed by atoms with E-state index in [0.29, 0.717) is 21.4 Å². The predicted molar refractivity (Wildman–Crippen MR) is 102 cm³/mol. The van der Waals surface area contributed by atoms with Gasteiger partial charge in [0.05, 0.1) is 6.61 Å². The van der Waals surface area contributed by atoms with Crippen LogP contribution in [0.25, 0.3) is 0 Å². The van der Waals surface area contributed by atoms with Gasteiger partial charge in [-0.3, -0.25) is 23.4 Å². The number of aromatic amines is 1. The van der Waals surface area contributed by atoms with Gasteiger partial charge in [-0.2, -0.15) is 0 Å². The van der Waals surface area contributed by atoms with Crippen LogP contribution in [0.1, 0.15) is 22.9 Å². The molecule has 13 heteroatoms. The molecule has 1 unspecified atom stereocenters. The molecule has 0 spiro atoms. The number of nitrogens with one attached hydrogen (secondary N) is 1. The molecule has 31 heavy (non-hydrogen) atoms. The van der Waals surface area contributed by atoms with Crippen LogP contribution in [0, 0.1) is 13.8 Å². The first-order chi connectivity index (χ1) is 14.5. The number of aryl methyl sites for hydroxylation is 1. The minimum atomic E-state index is -4.27. The Labute approximate surface area is 174 Å². The molecule has 2 aliphatic heterocycles. The van der Waals surface area contributed by atoms with Gasteiger partial charge >= 0.3 is 13.5 Å². The van der Waals surface area contributed by atoms with Crippen molar-refractivity contribution in [1.82, 2.24) is 9.55 Å². The van der Waals surface area contributed by atoms with Crippen molar-refractivity contribution in [2.75, 3.05) is 6.61 Å². The van der Waals surface area contributed by atoms with Gasteiger partial charge < -0.3 is 19.5 Å². The summed E-state index contributed by atoms with van der Waals surface area (Å²) in [5, 5.41) is 20.3. The van der Waals surface area contributed by atoms with Crippen LogP contribution in [0.15, 0.2) is 34.0 Å². The molecule has 0 amide bonds. The highest BCUT2D eigenvalue weighted by molar-refractivity contribution is 7.49. The lowest BCUT2D eigenvalue weighted by atomic mass is 10.1. The van der Waals surface area contributed by atoms with E-state index in [4.69, 9.17) is 18.3 Å². The third-order valence-corrected chi connectivity index (χ3v) is 6.56. The van der Waals surface area contributed by atoms with E-state index in [9.17, 15) is 24.4 Å². The minimum absolute atomic E-state index is 0.103. The first-order valence-corrected chi connectivity index (χ1v) is 10.7. The van der Waals surface area contributed by atoms with Crippen LogP contribution in [0.2, 0.25) is 0 Å². The molecule has 0 saturated carbocycles. The number of ether oxygens (including phenoxy) is 1. The molecule has 1 aromatic carbocycles. The van der Waals surface area contributed by atoms with Crippen LogP contribution in [-0.4, -0.2) is 44.4 Å². The number of phosphoric acid groups is 1. The van der Waals surface area contributed by atoms with Crippen molar-refractivity contribution in [3.05, 3.63) is 61.9 Å². The number of rotatable bonds is 4. The highest BCUT2D eigenvalue weighted by Gasteiger charge is 2.57. The number of phosphoric ester groups is 1. The van der Waals surface area contributed by atoms with E-state index in [1.54, 1.807) is 13.0 Å². The maximum absolute atomic E-state index is 15.3. The van der Waals surface area contributed by atoms with E-state index < -0.39 is 50.0 Å². The molecule has 0 radical (unpaired) electrons. The maximum atomic E-state index is 15.3. The summed E-state index contributed by atoms with van der Waals surface area (Å²) in [6.45, 7) is 2.36. The van der Waals surface area contributed by atoms with Crippen LogP contribution in [-0.2, 0) is 25.0 Å². The van der Waals surface area contributed by atoms with Gasteiger partial charge in [0, 0.05) is 17.8 Å². The highest BCUT2D eigenvalue weighted by atomic mass is 31.2. The van der Waals surface area contributed by atoms with Crippen LogP contribution in [0.5, 0.6) is 5.75 Å². The first kappa shape index (κ1) is 21.9. The molecule has 1 fully saturated rings. The Kier molecular flexibility index (Phi) is 5.41. The van der Waals surface area contributed by atoms with E-state index in [1.165, 1.54) is 0 Å². The number of aliphatic hydroxyl groups is 2. The standard InChI is InChI=1S/C18H20FN2O9P/c1-9-3-4-11-7-27-31(26,30-14(11)10(9)2)28-8-18(19)15(24)13(23)16(29-18)21-6-5-12(22)20-17(21)25/h3-6,13,15-16,23-24H,7-8H2,1-2H3,(H,20,22,25)/t13-,15+,16-,18-,31?/m1/s1. The van der Waals surface area contributed by atoms with Gasteiger partial charge in [-0.15, -0.1) is 0 Å². The molecule has 2 aliphatic rings. The summed E-state index contributed by atoms with van der Waals surface area (Å²) in [6.07, 6.45) is -4.75. The Bertz CT molecular complexity index is 1180. The van der Waals surface area contributed by atoms with Crippen molar-refractivity contribution in [1.29, 1.82) is 0 Å². The second kappa shape index (κ2) is 7.66. The van der Waals surface area contributed by atoms with Gasteiger partial charge in [0.15, 0.2) is 6.23 Å². The average Bonchev–Trinajstić information content (AvgIpc) is 2.95. The Morgan fingerprint density at radius 3 is 2.77 bits per heavy atom. The van der Waals surface area contributed by atoms with Crippen molar-refractivity contribution < 1.29 is 37.5 Å². The molecule has 3 heterocycles. The molecular formula is C18H20FN2O9P. The number of hydrogen-bond donors (Lipinski definition) is 3. The molecule has 2 aromatic rings. The third-order valence-electron chi connectivity index (χ3n) is 5.26. The van der Waals surface area contributed by atoms with Gasteiger partial charge in [0.1, 0.15) is 24.6 Å². The summed E-state index contributed by atoms with van der Waals surface area (Å²) in [7, 11) is -4.27. The predicted octanol–water partition coefficient (Wildman–Crippen LogP) is 0.804. The monoisotopic (exact) mass is 458 g/mol. The van der Waals surface area contributed by atoms with Crippen molar-refractivity contribution in [3.63, 3.8) is 0 Å². The van der Waals surface area contributed by atoms with Crippen molar-refractivity contribution >= 4 is 7.82 Å². The van der Waals surface area contributed by atoms with Gasteiger partial charge in [-0.1, -0.05) is 12.1 Å². The molecule has 0 aliphatic carbocycles. The number of hydrogen-bond acceptors (Lipinski definition) is 9. The number of halogens is 1. The summed E-state index contributed by atoms with van der Waals surface area (Å²) in [6, 6.07) is 4.55. The Balaban J connectivity index is 1.52. The SMILES string of the molecule is Cc1ccc2c(c1C)OP(=O)(OC[C@@]1(F)O[C@@H](n3ccc(=O)[nH]c3=O)[C@H](O)[C@@H]1O)OC2. The zero-order chi connectivity index (χ0) is 22.6. The number of fused-ring (bicyclic) bond motifs is 1. The van der Waals surface area contributed by atoms with E-state index in [0.717, 1.165) is 17.8 Å². The van der Waals surface area contributed by atoms with E-state index >= 15 is 4.39 Å². The van der Waals surface area contributed by atoms with Crippen molar-refractivity contribution in [2.24, 2.45) is 0 Å². The Hall–Kier alpha value is -2.34. The third kappa shape index (κ3) is 3.86. The highest BCUT2D eigenvalue weighted by Crippen LogP contribution is 2.56. The summed E-state index contributed by atoms with van der Waals surface area (Å²) in [5.74, 6) is -2.75. The lowest BCUT2D eigenvalue weighted by Crippen LogP contribution is -2.43. The number of alkyl halides is 1. The molecule has 1 saturated heterocycles. The number of benzene rings is 1. The largest absolute Gasteiger partial charge is 0.530 e. The fourth-order valence-corrected chi connectivity index (χ4v) is 4.61. The molecule has 168 valence electrons. The van der Waals surface area contributed by atoms with E-state index in [1.807, 2.05) is 18.0 Å². The fourth-order valence-electron chi connectivity index (χ4n) is 3.32. The second-order valence-electron chi connectivity index (χ2n) is 7.33. The second-order valence-corrected chi connectivity index (χ2v) is 8.92. The number of aromatic nitrogens is 2. The zero-order valence-electron chi connectivity index (χ0n) is 16.5. The Morgan fingerprint density at radius 2 is 2.06 bits per heavy atom. The molecule has 11 nitrogen and oxygen atoms in total. The van der Waals surface area contributed by atoms with E-state index in [2.05, 4.69) is 0 Å². The zero-order valence-corrected chi connectivity index (χ0v) is 17.4. The van der Waals surface area contributed by atoms with Crippen LogP contribution >= 0.6 is 7.82 Å². The minimum Gasteiger partial charge on any atom is -0.403 e. The van der Waals surface area contributed by atoms with Gasteiger partial charge in [0.2, 0.25) is 0 Å². The maximum Gasteiger partial charge on any atom is 0.530 e. The molecule has 3 N–H and O–H groups in total. The lowest BCUT2D eigenvalue weighted by molar-refractivity contribution is -0.205. The molecule has 4 rings (SSSR count). The quantitative estimate of drug-likeness (QED) is 0.566. The van der Waals surface area contributed by atoms with Gasteiger partial charge in [-0.05, 0) is 25.0 Å². The van der Waals surface area contributed by atoms with Gasteiger partial charge in [0.25, 0.3) is 11.4 Å². The summed E-state index contributed by atoms with van der Waals surface area (Å²) in [5.41, 5.74) is 0.534. The number of aliphatic hydroxyl groups excluding tert-OH is 2. The topological polar surface area (TPSA) is 149 Å². The lowest BCUT2D eigenvalue weighted by Gasteiger charge is -2.29. The average molecular weight is 458 g/mol. The van der Waals surface area contributed by atoms with Crippen LogP contribution in [0.4, 0.5) is 4.39 Å². The molecular weight excluding hydrogens is 438 g/mol. The van der Waals surface area contributed by atoms with E-state index in [-0.39, 0.29) is 6.61 Å². The molecule has 0 bridgehead atoms. The number of H-pyrrole nitrogens is 1. The molecule has 5 atom stereocenters. The van der Waals surface area contributed by atoms with Crippen LogP contribution in [0.3, 0.4) is 0 Å². The molecule has 1 aromatic heterocycles. The van der Waals surface area contributed by atoms with Gasteiger partial charge in [-0.25, -0.2) is 13.8 Å². The summed E-state index contributed by atoms with van der Waals surface area (Å²) >= 11 is 0. The smallest absolute Gasteiger partial charge is 0.403 e. The normalized spacial score (nSPS) is 32.5.